The SMILES string of the molecule is Nc1ccc(OCCC(=O)OCCCn2ccnc2)cc1. The number of aromatic nitrogens is 2. The van der Waals surface area contributed by atoms with Crippen molar-refractivity contribution in [3.63, 3.8) is 0 Å². The van der Waals surface area contributed by atoms with Gasteiger partial charge in [0.15, 0.2) is 0 Å². The summed E-state index contributed by atoms with van der Waals surface area (Å²) in [5, 5.41) is 0. The molecule has 0 aliphatic rings. The van der Waals surface area contributed by atoms with Crippen molar-refractivity contribution in [2.75, 3.05) is 18.9 Å². The zero-order valence-corrected chi connectivity index (χ0v) is 11.8. The smallest absolute Gasteiger partial charge is 0.309 e. The lowest BCUT2D eigenvalue weighted by Gasteiger charge is -2.07. The maximum absolute atomic E-state index is 11.5. The minimum Gasteiger partial charge on any atom is -0.493 e. The molecule has 0 saturated carbocycles. The summed E-state index contributed by atoms with van der Waals surface area (Å²) in [4.78, 5) is 15.4. The molecule has 1 aromatic heterocycles. The first-order valence-electron chi connectivity index (χ1n) is 6.84. The summed E-state index contributed by atoms with van der Waals surface area (Å²) < 4.78 is 12.5. The van der Waals surface area contributed by atoms with Crippen LogP contribution in [0.15, 0.2) is 43.0 Å². The maximum atomic E-state index is 11.5. The van der Waals surface area contributed by atoms with E-state index < -0.39 is 0 Å². The second-order valence-electron chi connectivity index (χ2n) is 4.54. The van der Waals surface area contributed by atoms with Crippen molar-refractivity contribution in [2.24, 2.45) is 0 Å². The van der Waals surface area contributed by atoms with Crippen molar-refractivity contribution in [1.82, 2.24) is 9.55 Å². The Bertz CT molecular complexity index is 538. The number of hydrogen-bond acceptors (Lipinski definition) is 5. The predicted molar refractivity (Wildman–Crippen MR) is 78.8 cm³/mol. The summed E-state index contributed by atoms with van der Waals surface area (Å²) in [7, 11) is 0. The number of anilines is 1. The fourth-order valence-electron chi connectivity index (χ4n) is 1.74. The summed E-state index contributed by atoms with van der Waals surface area (Å²) in [6.07, 6.45) is 6.33. The van der Waals surface area contributed by atoms with Gasteiger partial charge >= 0.3 is 5.97 Å². The molecule has 0 radical (unpaired) electrons. The van der Waals surface area contributed by atoms with E-state index in [4.69, 9.17) is 15.2 Å². The molecule has 2 aromatic rings. The Labute approximate surface area is 123 Å². The average Bonchev–Trinajstić information content (AvgIpc) is 2.99. The number of nitrogens with two attached hydrogens (primary N) is 1. The molecule has 0 saturated heterocycles. The van der Waals surface area contributed by atoms with Crippen molar-refractivity contribution < 1.29 is 14.3 Å². The van der Waals surface area contributed by atoms with Gasteiger partial charge in [0.2, 0.25) is 0 Å². The Morgan fingerprint density at radius 3 is 2.76 bits per heavy atom. The molecule has 0 bridgehead atoms. The van der Waals surface area contributed by atoms with E-state index in [-0.39, 0.29) is 12.4 Å². The van der Waals surface area contributed by atoms with E-state index >= 15 is 0 Å². The van der Waals surface area contributed by atoms with E-state index in [0.717, 1.165) is 13.0 Å². The summed E-state index contributed by atoms with van der Waals surface area (Å²) in [6.45, 7) is 1.48. The van der Waals surface area contributed by atoms with Crippen LogP contribution in [0.2, 0.25) is 0 Å². The fraction of sp³-hybridized carbons (Fsp3) is 0.333. The lowest BCUT2D eigenvalue weighted by molar-refractivity contribution is -0.144. The minimum atomic E-state index is -0.254. The van der Waals surface area contributed by atoms with E-state index in [1.807, 2.05) is 10.8 Å². The van der Waals surface area contributed by atoms with Gasteiger partial charge in [0.1, 0.15) is 5.75 Å². The topological polar surface area (TPSA) is 79.4 Å². The zero-order valence-electron chi connectivity index (χ0n) is 11.8. The van der Waals surface area contributed by atoms with Crippen molar-refractivity contribution in [1.29, 1.82) is 0 Å². The molecule has 2 N–H and O–H groups in total. The van der Waals surface area contributed by atoms with Crippen LogP contribution in [0.5, 0.6) is 5.75 Å². The van der Waals surface area contributed by atoms with Gasteiger partial charge < -0.3 is 19.8 Å². The normalized spacial score (nSPS) is 10.3. The van der Waals surface area contributed by atoms with Gasteiger partial charge in [0, 0.05) is 24.6 Å². The Morgan fingerprint density at radius 1 is 1.24 bits per heavy atom. The molecular formula is C15H19N3O3. The number of carbonyl (C=O) groups is 1. The molecule has 6 heteroatoms. The molecule has 1 aromatic carbocycles. The number of hydrogen-bond donors (Lipinski definition) is 1. The lowest BCUT2D eigenvalue weighted by atomic mass is 10.3. The molecule has 0 atom stereocenters. The third-order valence-corrected chi connectivity index (χ3v) is 2.84. The Kier molecular flexibility index (Phi) is 5.63. The highest BCUT2D eigenvalue weighted by Crippen LogP contribution is 2.13. The number of rotatable bonds is 8. The van der Waals surface area contributed by atoms with E-state index in [1.54, 1.807) is 36.8 Å². The van der Waals surface area contributed by atoms with Gasteiger partial charge in [-0.2, -0.15) is 0 Å². The minimum absolute atomic E-state index is 0.232. The number of ether oxygens (including phenoxy) is 2. The molecule has 0 fully saturated rings. The molecule has 21 heavy (non-hydrogen) atoms. The molecule has 0 aliphatic heterocycles. The molecular weight excluding hydrogens is 270 g/mol. The first-order valence-corrected chi connectivity index (χ1v) is 6.84. The lowest BCUT2D eigenvalue weighted by Crippen LogP contribution is -2.11. The van der Waals surface area contributed by atoms with Gasteiger partial charge in [0.05, 0.1) is 26.0 Å². The molecule has 0 amide bonds. The summed E-state index contributed by atoms with van der Waals surface area (Å²) in [5.74, 6) is 0.438. The van der Waals surface area contributed by atoms with E-state index in [0.29, 0.717) is 24.7 Å². The Balaban J connectivity index is 1.54. The fourth-order valence-corrected chi connectivity index (χ4v) is 1.74. The van der Waals surface area contributed by atoms with Crippen molar-refractivity contribution in [3.05, 3.63) is 43.0 Å². The molecule has 112 valence electrons. The number of nitrogens with zero attached hydrogens (tertiary/aromatic N) is 2. The predicted octanol–water partition coefficient (Wildman–Crippen LogP) is 1.87. The molecule has 0 spiro atoms. The largest absolute Gasteiger partial charge is 0.493 e. The van der Waals surface area contributed by atoms with Gasteiger partial charge in [-0.1, -0.05) is 0 Å². The monoisotopic (exact) mass is 289 g/mol. The molecule has 0 aliphatic carbocycles. The van der Waals surface area contributed by atoms with Crippen LogP contribution in [0, 0.1) is 0 Å². The van der Waals surface area contributed by atoms with Crippen LogP contribution in [0.3, 0.4) is 0 Å². The summed E-state index contributed by atoms with van der Waals surface area (Å²) >= 11 is 0. The van der Waals surface area contributed by atoms with Crippen molar-refractivity contribution >= 4 is 11.7 Å². The Morgan fingerprint density at radius 2 is 2.05 bits per heavy atom. The van der Waals surface area contributed by atoms with Crippen molar-refractivity contribution in [2.45, 2.75) is 19.4 Å². The number of carbonyl (C=O) groups excluding carboxylic acids is 1. The van der Waals surface area contributed by atoms with Crippen LogP contribution >= 0.6 is 0 Å². The first kappa shape index (κ1) is 14.9. The number of imidazole rings is 1. The number of esters is 1. The second-order valence-corrected chi connectivity index (χ2v) is 4.54. The van der Waals surface area contributed by atoms with Crippen LogP contribution in [0.1, 0.15) is 12.8 Å². The van der Waals surface area contributed by atoms with Crippen LogP contribution in [-0.4, -0.2) is 28.7 Å². The van der Waals surface area contributed by atoms with Gasteiger partial charge in [0.25, 0.3) is 0 Å². The highest BCUT2D eigenvalue weighted by molar-refractivity contribution is 5.69. The molecule has 2 rings (SSSR count). The third-order valence-electron chi connectivity index (χ3n) is 2.84. The van der Waals surface area contributed by atoms with E-state index in [9.17, 15) is 4.79 Å². The third kappa shape index (κ3) is 5.56. The maximum Gasteiger partial charge on any atom is 0.309 e. The highest BCUT2D eigenvalue weighted by atomic mass is 16.5. The van der Waals surface area contributed by atoms with Gasteiger partial charge in [-0.25, -0.2) is 4.98 Å². The van der Waals surface area contributed by atoms with Crippen LogP contribution in [0.25, 0.3) is 0 Å². The Hall–Kier alpha value is -2.50. The van der Waals surface area contributed by atoms with Gasteiger partial charge in [-0.15, -0.1) is 0 Å². The number of benzene rings is 1. The number of nitrogen functional groups attached to an aromatic ring is 1. The standard InChI is InChI=1S/C15H19N3O3/c16-13-2-4-14(5-3-13)20-11-6-15(19)21-10-1-8-18-9-7-17-12-18/h2-5,7,9,12H,1,6,8,10-11,16H2. The van der Waals surface area contributed by atoms with Gasteiger partial charge in [-0.05, 0) is 30.7 Å². The summed E-state index contributed by atoms with van der Waals surface area (Å²) in [5.41, 5.74) is 6.25. The highest BCUT2D eigenvalue weighted by Gasteiger charge is 2.03. The van der Waals surface area contributed by atoms with Crippen LogP contribution in [0.4, 0.5) is 5.69 Å². The van der Waals surface area contributed by atoms with E-state index in [1.165, 1.54) is 0 Å². The van der Waals surface area contributed by atoms with Crippen LogP contribution in [-0.2, 0) is 16.1 Å². The molecule has 0 unspecified atom stereocenters. The quantitative estimate of drug-likeness (QED) is 0.456. The first-order chi connectivity index (χ1) is 10.2. The van der Waals surface area contributed by atoms with Gasteiger partial charge in [-0.3, -0.25) is 4.79 Å². The number of aryl methyl sites for hydroxylation is 1. The van der Waals surface area contributed by atoms with Crippen molar-refractivity contribution in [3.8, 4) is 5.75 Å². The second kappa shape index (κ2) is 7.94. The molecule has 1 heterocycles. The summed E-state index contributed by atoms with van der Waals surface area (Å²) in [6, 6.07) is 7.05. The average molecular weight is 289 g/mol. The zero-order chi connectivity index (χ0) is 14.9. The van der Waals surface area contributed by atoms with E-state index in [2.05, 4.69) is 4.98 Å². The molecule has 6 nitrogen and oxygen atoms in total. The van der Waals surface area contributed by atoms with Crippen LogP contribution < -0.4 is 10.5 Å².